The number of ketones is 1. The number of carbonyl (C=O) groups is 1. The van der Waals surface area contributed by atoms with Gasteiger partial charge >= 0.3 is 0 Å². The van der Waals surface area contributed by atoms with Gasteiger partial charge in [0.05, 0.1) is 30.0 Å². The van der Waals surface area contributed by atoms with Crippen LogP contribution in [0.2, 0.25) is 5.02 Å². The molecule has 4 unspecified atom stereocenters. The van der Waals surface area contributed by atoms with Crippen LogP contribution in [-0.4, -0.2) is 24.3 Å². The van der Waals surface area contributed by atoms with Gasteiger partial charge in [0.25, 0.3) is 0 Å². The zero-order valence-electron chi connectivity index (χ0n) is 25.5. The topological polar surface area (TPSA) is 63.5 Å². The molecule has 228 valence electrons. The van der Waals surface area contributed by atoms with Crippen molar-refractivity contribution in [2.75, 3.05) is 12.1 Å². The van der Waals surface area contributed by atoms with Gasteiger partial charge in [0.1, 0.15) is 17.4 Å². The lowest BCUT2D eigenvalue weighted by atomic mass is 9.65. The van der Waals surface area contributed by atoms with Gasteiger partial charge < -0.3 is 9.57 Å². The molecule has 2 aliphatic rings. The monoisotopic (exact) mass is 625 g/mol. The van der Waals surface area contributed by atoms with E-state index in [0.29, 0.717) is 16.4 Å². The lowest BCUT2D eigenvalue weighted by molar-refractivity contribution is -0.130. The van der Waals surface area contributed by atoms with Crippen LogP contribution in [0.3, 0.4) is 0 Å². The number of nitrogens with zero attached hydrogens (tertiary/aromatic N) is 3. The lowest BCUT2D eigenvalue weighted by Gasteiger charge is -2.37. The van der Waals surface area contributed by atoms with E-state index >= 15 is 4.79 Å². The van der Waals surface area contributed by atoms with Crippen molar-refractivity contribution in [2.24, 2.45) is 21.6 Å². The van der Waals surface area contributed by atoms with Crippen molar-refractivity contribution in [3.05, 3.63) is 167 Å². The fraction of sp³-hybridized carbons (Fsp3) is 0.154. The van der Waals surface area contributed by atoms with Crippen molar-refractivity contribution in [2.45, 2.75) is 19.1 Å². The number of hydrogen-bond donors (Lipinski definition) is 0. The highest BCUT2D eigenvalue weighted by molar-refractivity contribution is 6.31. The number of methoxy groups -OCH3 is 1. The highest BCUT2D eigenvalue weighted by Gasteiger charge is 2.59. The SMILES string of the molecule is COc1ccc(C2=NN(c3ccccc3)C(c3ccccc3)C2(C)C(=O)C2C(c3ccc(Cl)cc3)=NOC2c2ccccc2)cc1. The standard InChI is InChI=1S/C39H32ClN3O3/c1-39(38(44)33-34(26-18-22-30(40)23-19-26)42-46-35(33)27-12-6-3-7-13-27)36(28-20-24-32(45-2)25-21-28)41-43(31-16-10-5-11-17-31)37(39)29-14-8-4-9-15-29/h3-25,33,35,37H,1-2H3. The molecule has 2 aliphatic heterocycles. The molecule has 0 amide bonds. The fourth-order valence-electron chi connectivity index (χ4n) is 6.61. The molecule has 0 aliphatic carbocycles. The Balaban J connectivity index is 1.44. The lowest BCUT2D eigenvalue weighted by Crippen LogP contribution is -2.47. The molecule has 5 aromatic carbocycles. The Kier molecular flexibility index (Phi) is 7.89. The number of hydrogen-bond acceptors (Lipinski definition) is 6. The van der Waals surface area contributed by atoms with Crippen LogP contribution in [0.25, 0.3) is 0 Å². The smallest absolute Gasteiger partial charge is 0.168 e. The van der Waals surface area contributed by atoms with Gasteiger partial charge in [0.2, 0.25) is 0 Å². The average Bonchev–Trinajstić information content (AvgIpc) is 3.70. The first-order valence-corrected chi connectivity index (χ1v) is 15.6. The van der Waals surface area contributed by atoms with E-state index < -0.39 is 23.5 Å². The van der Waals surface area contributed by atoms with Crippen LogP contribution in [0.15, 0.2) is 150 Å². The zero-order valence-corrected chi connectivity index (χ0v) is 26.2. The summed E-state index contributed by atoms with van der Waals surface area (Å²) in [4.78, 5) is 21.9. The van der Waals surface area contributed by atoms with Crippen LogP contribution in [0.1, 0.15) is 41.3 Å². The highest BCUT2D eigenvalue weighted by atomic mass is 35.5. The van der Waals surface area contributed by atoms with Crippen LogP contribution in [0.4, 0.5) is 5.69 Å². The van der Waals surface area contributed by atoms with Gasteiger partial charge in [-0.2, -0.15) is 5.10 Å². The summed E-state index contributed by atoms with van der Waals surface area (Å²) in [6, 6.07) is 44.6. The molecule has 5 aromatic rings. The maximum atomic E-state index is 15.8. The van der Waals surface area contributed by atoms with Crippen molar-refractivity contribution in [1.29, 1.82) is 0 Å². The third-order valence-corrected chi connectivity index (χ3v) is 9.17. The molecule has 4 atom stereocenters. The van der Waals surface area contributed by atoms with Gasteiger partial charge in [-0.1, -0.05) is 108 Å². The third kappa shape index (κ3) is 5.15. The summed E-state index contributed by atoms with van der Waals surface area (Å²) in [6.07, 6.45) is -0.629. The molecule has 2 heterocycles. The maximum Gasteiger partial charge on any atom is 0.168 e. The summed E-state index contributed by atoms with van der Waals surface area (Å²) in [7, 11) is 1.64. The Morgan fingerprint density at radius 3 is 1.93 bits per heavy atom. The van der Waals surface area contributed by atoms with Gasteiger partial charge in [0.15, 0.2) is 11.9 Å². The van der Waals surface area contributed by atoms with E-state index in [2.05, 4.69) is 17.3 Å². The fourth-order valence-corrected chi connectivity index (χ4v) is 6.73. The van der Waals surface area contributed by atoms with E-state index in [1.165, 1.54) is 0 Å². The van der Waals surface area contributed by atoms with Crippen LogP contribution in [0.5, 0.6) is 5.75 Å². The summed E-state index contributed by atoms with van der Waals surface area (Å²) in [5.41, 5.74) is 4.40. The summed E-state index contributed by atoms with van der Waals surface area (Å²) in [5, 5.41) is 12.4. The molecular formula is C39H32ClN3O3. The average molecular weight is 626 g/mol. The number of anilines is 1. The molecule has 0 saturated heterocycles. The molecule has 0 saturated carbocycles. The number of oxime groups is 1. The number of para-hydroxylation sites is 1. The zero-order chi connectivity index (χ0) is 31.7. The minimum absolute atomic E-state index is 0.0468. The summed E-state index contributed by atoms with van der Waals surface area (Å²) in [5.74, 6) is -0.0613. The van der Waals surface area contributed by atoms with Crippen molar-refractivity contribution >= 4 is 34.5 Å². The molecular weight excluding hydrogens is 594 g/mol. The quantitative estimate of drug-likeness (QED) is 0.173. The van der Waals surface area contributed by atoms with E-state index in [9.17, 15) is 0 Å². The van der Waals surface area contributed by atoms with Crippen LogP contribution < -0.4 is 9.75 Å². The predicted octanol–water partition coefficient (Wildman–Crippen LogP) is 8.68. The summed E-state index contributed by atoms with van der Waals surface area (Å²) in [6.45, 7) is 2.01. The highest BCUT2D eigenvalue weighted by Crippen LogP contribution is 2.53. The molecule has 0 aromatic heterocycles. The molecule has 7 heteroatoms. The van der Waals surface area contributed by atoms with E-state index in [1.54, 1.807) is 7.11 Å². The number of halogens is 1. The molecule has 0 radical (unpaired) electrons. The van der Waals surface area contributed by atoms with Crippen molar-refractivity contribution in [3.8, 4) is 5.75 Å². The van der Waals surface area contributed by atoms with Crippen molar-refractivity contribution in [1.82, 2.24) is 0 Å². The molecule has 6 nitrogen and oxygen atoms in total. The minimum Gasteiger partial charge on any atom is -0.497 e. The first-order valence-electron chi connectivity index (χ1n) is 15.2. The predicted molar refractivity (Wildman–Crippen MR) is 182 cm³/mol. The Bertz CT molecular complexity index is 1900. The summed E-state index contributed by atoms with van der Waals surface area (Å²) >= 11 is 6.27. The number of carbonyl (C=O) groups excluding carboxylic acids is 1. The van der Waals surface area contributed by atoms with Crippen molar-refractivity contribution in [3.63, 3.8) is 0 Å². The molecule has 0 spiro atoms. The van der Waals surface area contributed by atoms with Gasteiger partial charge in [-0.15, -0.1) is 0 Å². The molecule has 46 heavy (non-hydrogen) atoms. The number of rotatable bonds is 8. The van der Waals surface area contributed by atoms with Crippen LogP contribution in [0, 0.1) is 11.3 Å². The number of benzene rings is 5. The number of ether oxygens (including phenoxy) is 1. The number of Topliss-reactive ketones (excluding diaryl/α,β-unsaturated/α-hetero) is 1. The van der Waals surface area contributed by atoms with E-state index in [0.717, 1.165) is 33.7 Å². The van der Waals surface area contributed by atoms with E-state index in [4.69, 9.17) is 26.3 Å². The van der Waals surface area contributed by atoms with Gasteiger partial charge in [-0.3, -0.25) is 9.80 Å². The van der Waals surface area contributed by atoms with Gasteiger partial charge in [-0.05, 0) is 72.1 Å². The second-order valence-electron chi connectivity index (χ2n) is 11.6. The largest absolute Gasteiger partial charge is 0.497 e. The van der Waals surface area contributed by atoms with Gasteiger partial charge in [0, 0.05) is 10.6 Å². The first-order chi connectivity index (χ1) is 22.5. The molecule has 7 rings (SSSR count). The van der Waals surface area contributed by atoms with Crippen LogP contribution >= 0.6 is 11.6 Å². The third-order valence-electron chi connectivity index (χ3n) is 8.91. The Hall–Kier alpha value is -5.20. The second kappa shape index (κ2) is 12.3. The maximum absolute atomic E-state index is 15.8. The molecule has 0 bridgehead atoms. The minimum atomic E-state index is -1.15. The van der Waals surface area contributed by atoms with E-state index in [-0.39, 0.29) is 5.78 Å². The number of hydrazone groups is 1. The Morgan fingerprint density at radius 2 is 1.33 bits per heavy atom. The normalized spacial score (nSPS) is 22.2. The molecule has 0 N–H and O–H groups in total. The molecule has 0 fully saturated rings. The second-order valence-corrected chi connectivity index (χ2v) is 12.1. The Morgan fingerprint density at radius 1 is 0.761 bits per heavy atom. The van der Waals surface area contributed by atoms with Crippen molar-refractivity contribution < 1.29 is 14.4 Å². The van der Waals surface area contributed by atoms with Crippen LogP contribution in [-0.2, 0) is 9.63 Å². The summed E-state index contributed by atoms with van der Waals surface area (Å²) < 4.78 is 5.47. The van der Waals surface area contributed by atoms with E-state index in [1.807, 2.05) is 139 Å². The first kappa shape index (κ1) is 29.5. The van der Waals surface area contributed by atoms with Gasteiger partial charge in [-0.25, -0.2) is 0 Å². The Labute approximate surface area is 273 Å².